The highest BCUT2D eigenvalue weighted by atomic mass is 35.5. The number of halogens is 2. The highest BCUT2D eigenvalue weighted by molar-refractivity contribution is 5.91. The summed E-state index contributed by atoms with van der Waals surface area (Å²) in [6.07, 6.45) is 1.73. The van der Waals surface area contributed by atoms with Crippen molar-refractivity contribution in [3.05, 3.63) is 47.7 Å². The number of rotatable bonds is 6. The summed E-state index contributed by atoms with van der Waals surface area (Å²) in [5.41, 5.74) is 2.50. The average molecular weight is 428 g/mol. The maximum Gasteiger partial charge on any atom is 0.239 e. The van der Waals surface area contributed by atoms with Crippen LogP contribution >= 0.6 is 24.8 Å². The molecule has 1 aliphatic heterocycles. The van der Waals surface area contributed by atoms with E-state index >= 15 is 0 Å². The second-order valence-corrected chi connectivity index (χ2v) is 7.34. The first-order valence-corrected chi connectivity index (χ1v) is 9.38. The van der Waals surface area contributed by atoms with Crippen molar-refractivity contribution in [3.63, 3.8) is 0 Å². The van der Waals surface area contributed by atoms with E-state index in [1.165, 1.54) is 11.1 Å². The van der Waals surface area contributed by atoms with E-state index in [0.29, 0.717) is 25.0 Å². The molecule has 1 fully saturated rings. The van der Waals surface area contributed by atoms with Gasteiger partial charge >= 0.3 is 0 Å². The van der Waals surface area contributed by atoms with Gasteiger partial charge in [-0.1, -0.05) is 38.1 Å². The molecule has 156 valence electrons. The lowest BCUT2D eigenvalue weighted by atomic mass is 10.0. The monoisotopic (exact) mass is 427 g/mol. The first kappa shape index (κ1) is 24.4. The summed E-state index contributed by atoms with van der Waals surface area (Å²) in [6, 6.07) is 10.8. The van der Waals surface area contributed by atoms with Gasteiger partial charge in [0, 0.05) is 31.7 Å². The number of piperazine rings is 1. The lowest BCUT2D eigenvalue weighted by Gasteiger charge is -2.33. The molecule has 0 aliphatic carbocycles. The predicted octanol–water partition coefficient (Wildman–Crippen LogP) is 3.13. The fourth-order valence-corrected chi connectivity index (χ4v) is 3.23. The Labute approximate surface area is 179 Å². The third-order valence-electron chi connectivity index (χ3n) is 4.95. The van der Waals surface area contributed by atoms with Crippen LogP contribution in [-0.2, 0) is 11.3 Å². The fourth-order valence-electron chi connectivity index (χ4n) is 3.23. The predicted molar refractivity (Wildman–Crippen MR) is 119 cm³/mol. The molecule has 8 heteroatoms. The second kappa shape index (κ2) is 11.4. The van der Waals surface area contributed by atoms with Gasteiger partial charge in [-0.05, 0) is 24.0 Å². The molecule has 0 saturated carbocycles. The van der Waals surface area contributed by atoms with E-state index in [0.717, 1.165) is 25.5 Å². The van der Waals surface area contributed by atoms with Crippen LogP contribution in [0.1, 0.15) is 37.8 Å². The molecule has 28 heavy (non-hydrogen) atoms. The molecule has 1 aromatic carbocycles. The van der Waals surface area contributed by atoms with Gasteiger partial charge in [-0.3, -0.25) is 9.69 Å². The SMILES string of the molecule is CC(C)c1ccc(Cn2nccc2NC(=O)CN2CCNC[C@H]2C)cc1.Cl.Cl. The van der Waals surface area contributed by atoms with Crippen LogP contribution in [-0.4, -0.2) is 52.8 Å². The number of hydrogen-bond acceptors (Lipinski definition) is 4. The molecular weight excluding hydrogens is 397 g/mol. The van der Waals surface area contributed by atoms with Crippen molar-refractivity contribution in [2.75, 3.05) is 31.5 Å². The molecular formula is C20H31Cl2N5O. The Hall–Kier alpha value is -1.60. The number of hydrogen-bond donors (Lipinski definition) is 2. The van der Waals surface area contributed by atoms with E-state index in [-0.39, 0.29) is 30.7 Å². The molecule has 0 unspecified atom stereocenters. The third kappa shape index (κ3) is 6.48. The van der Waals surface area contributed by atoms with Crippen molar-refractivity contribution in [2.45, 2.75) is 39.3 Å². The molecule has 1 saturated heterocycles. The van der Waals surface area contributed by atoms with Crippen molar-refractivity contribution in [1.29, 1.82) is 0 Å². The van der Waals surface area contributed by atoms with E-state index in [9.17, 15) is 4.79 Å². The number of anilines is 1. The molecule has 3 rings (SSSR count). The molecule has 1 aromatic heterocycles. The first-order valence-electron chi connectivity index (χ1n) is 9.38. The van der Waals surface area contributed by atoms with E-state index < -0.39 is 0 Å². The zero-order valence-corrected chi connectivity index (χ0v) is 18.4. The third-order valence-corrected chi connectivity index (χ3v) is 4.95. The summed E-state index contributed by atoms with van der Waals surface area (Å²) >= 11 is 0. The summed E-state index contributed by atoms with van der Waals surface area (Å²) in [4.78, 5) is 14.6. The van der Waals surface area contributed by atoms with Crippen LogP contribution in [0.15, 0.2) is 36.5 Å². The zero-order chi connectivity index (χ0) is 18.5. The Bertz CT molecular complexity index is 732. The fraction of sp³-hybridized carbons (Fsp3) is 0.500. The number of aromatic nitrogens is 2. The first-order chi connectivity index (χ1) is 12.5. The minimum Gasteiger partial charge on any atom is -0.314 e. The zero-order valence-electron chi connectivity index (χ0n) is 16.7. The van der Waals surface area contributed by atoms with Gasteiger partial charge in [0.15, 0.2) is 0 Å². The molecule has 1 amide bonds. The Kier molecular flexibility index (Phi) is 9.96. The molecule has 2 aromatic rings. The van der Waals surface area contributed by atoms with Crippen LogP contribution in [0, 0.1) is 0 Å². The van der Waals surface area contributed by atoms with Gasteiger partial charge in [-0.15, -0.1) is 24.8 Å². The van der Waals surface area contributed by atoms with E-state index in [1.807, 2.05) is 10.7 Å². The van der Waals surface area contributed by atoms with Crippen LogP contribution in [0.3, 0.4) is 0 Å². The minimum atomic E-state index is 0. The van der Waals surface area contributed by atoms with Crippen LogP contribution in [0.5, 0.6) is 0 Å². The number of carbonyl (C=O) groups excluding carboxylic acids is 1. The smallest absolute Gasteiger partial charge is 0.239 e. The van der Waals surface area contributed by atoms with Gasteiger partial charge in [-0.2, -0.15) is 5.10 Å². The summed E-state index contributed by atoms with van der Waals surface area (Å²) < 4.78 is 1.84. The lowest BCUT2D eigenvalue weighted by Crippen LogP contribution is -2.52. The molecule has 1 atom stereocenters. The lowest BCUT2D eigenvalue weighted by molar-refractivity contribution is -0.118. The van der Waals surface area contributed by atoms with Crippen LogP contribution in [0.2, 0.25) is 0 Å². The Morgan fingerprint density at radius 3 is 2.61 bits per heavy atom. The maximum atomic E-state index is 12.4. The summed E-state index contributed by atoms with van der Waals surface area (Å²) in [5.74, 6) is 1.28. The number of carbonyl (C=O) groups is 1. The number of amides is 1. The normalized spacial score (nSPS) is 16.9. The van der Waals surface area contributed by atoms with Gasteiger partial charge in [0.2, 0.25) is 5.91 Å². The second-order valence-electron chi connectivity index (χ2n) is 7.34. The maximum absolute atomic E-state index is 12.4. The summed E-state index contributed by atoms with van der Waals surface area (Å²) in [7, 11) is 0. The van der Waals surface area contributed by atoms with Gasteiger partial charge in [-0.25, -0.2) is 4.68 Å². The highest BCUT2D eigenvalue weighted by Gasteiger charge is 2.20. The molecule has 6 nitrogen and oxygen atoms in total. The van der Waals surface area contributed by atoms with Crippen molar-refractivity contribution < 1.29 is 4.79 Å². The van der Waals surface area contributed by atoms with Crippen molar-refractivity contribution in [1.82, 2.24) is 20.0 Å². The quantitative estimate of drug-likeness (QED) is 0.742. The van der Waals surface area contributed by atoms with E-state index in [2.05, 4.69) is 65.7 Å². The summed E-state index contributed by atoms with van der Waals surface area (Å²) in [5, 5.41) is 10.7. The van der Waals surface area contributed by atoms with Gasteiger partial charge in [0.1, 0.15) is 5.82 Å². The average Bonchev–Trinajstić information content (AvgIpc) is 3.04. The van der Waals surface area contributed by atoms with Gasteiger partial charge in [0.25, 0.3) is 0 Å². The molecule has 1 aliphatic rings. The Morgan fingerprint density at radius 1 is 1.25 bits per heavy atom. The number of nitrogens with zero attached hydrogens (tertiary/aromatic N) is 3. The molecule has 2 N–H and O–H groups in total. The van der Waals surface area contributed by atoms with Crippen LogP contribution in [0.25, 0.3) is 0 Å². The van der Waals surface area contributed by atoms with Crippen molar-refractivity contribution >= 4 is 36.5 Å². The van der Waals surface area contributed by atoms with Gasteiger partial charge < -0.3 is 10.6 Å². The number of nitrogens with one attached hydrogen (secondary N) is 2. The summed E-state index contributed by atoms with van der Waals surface area (Å²) in [6.45, 7) is 10.3. The van der Waals surface area contributed by atoms with Crippen LogP contribution < -0.4 is 10.6 Å². The Balaban J connectivity index is 0.00000196. The van der Waals surface area contributed by atoms with Crippen molar-refractivity contribution in [2.24, 2.45) is 0 Å². The van der Waals surface area contributed by atoms with Crippen LogP contribution in [0.4, 0.5) is 5.82 Å². The molecule has 0 radical (unpaired) electrons. The van der Waals surface area contributed by atoms with Crippen molar-refractivity contribution in [3.8, 4) is 0 Å². The van der Waals surface area contributed by atoms with E-state index in [4.69, 9.17) is 0 Å². The van der Waals surface area contributed by atoms with E-state index in [1.54, 1.807) is 6.20 Å². The minimum absolute atomic E-state index is 0. The Morgan fingerprint density at radius 2 is 1.96 bits per heavy atom. The molecule has 0 spiro atoms. The van der Waals surface area contributed by atoms with Gasteiger partial charge in [0.05, 0.1) is 19.3 Å². The molecule has 0 bridgehead atoms. The molecule has 2 heterocycles. The highest BCUT2D eigenvalue weighted by Crippen LogP contribution is 2.16. The largest absolute Gasteiger partial charge is 0.314 e. The topological polar surface area (TPSA) is 62.2 Å². The standard InChI is InChI=1S/C20H29N5O.2ClH/c1-15(2)18-6-4-17(5-7-18)13-25-19(8-9-22-25)23-20(26)14-24-11-10-21-12-16(24)3;;/h4-9,15-16,21H,10-14H2,1-3H3,(H,23,26);2*1H/t16-;;/m1../s1. The number of benzene rings is 1.